The largest absolute Gasteiger partial charge is 0.394 e. The number of nitrogens with one attached hydrogen (secondary N) is 2. The summed E-state index contributed by atoms with van der Waals surface area (Å²) in [4.78, 5) is 16.0. The zero-order valence-corrected chi connectivity index (χ0v) is 21.9. The van der Waals surface area contributed by atoms with Crippen molar-refractivity contribution in [1.29, 1.82) is 0 Å². The minimum Gasteiger partial charge on any atom is -0.394 e. The molecule has 1 saturated carbocycles. The molecule has 4 N–H and O–H groups in total. The Labute approximate surface area is 211 Å². The number of carbonyl (C=O) groups excluding carboxylic acids is 2. The van der Waals surface area contributed by atoms with Gasteiger partial charge in [0.05, 0.1) is 24.1 Å². The van der Waals surface area contributed by atoms with E-state index in [4.69, 9.17) is 14.7 Å². The van der Waals surface area contributed by atoms with E-state index >= 15 is 0 Å². The van der Waals surface area contributed by atoms with E-state index in [2.05, 4.69) is 10.6 Å². The topological polar surface area (TPSA) is 98.7 Å². The highest BCUT2D eigenvalue weighted by molar-refractivity contribution is 5.50. The van der Waals surface area contributed by atoms with Gasteiger partial charge in [0, 0.05) is 17.8 Å². The lowest BCUT2D eigenvalue weighted by Crippen LogP contribution is -2.36. The summed E-state index contributed by atoms with van der Waals surface area (Å²) >= 11 is 0. The van der Waals surface area contributed by atoms with E-state index in [-0.39, 0.29) is 17.8 Å². The van der Waals surface area contributed by atoms with Crippen LogP contribution in [0.3, 0.4) is 0 Å². The molecular formula is C26H40F4N2O4. The van der Waals surface area contributed by atoms with Crippen molar-refractivity contribution in [3.8, 4) is 0 Å². The van der Waals surface area contributed by atoms with Crippen LogP contribution in [-0.2, 0) is 9.59 Å². The van der Waals surface area contributed by atoms with Crippen LogP contribution in [0.25, 0.3) is 0 Å². The maximum Gasteiger partial charge on any atom is 0.157 e. The Hall–Kier alpha value is -2.98. The summed E-state index contributed by atoms with van der Waals surface area (Å²) < 4.78 is 55.0. The standard InChI is InChI=1S/C20H24F4N2O2.2C2H6.2CH2O/c1-12-3-4-18(16(23)7-12)25-10-19(17(24)8-15(22)13(2)21)26-20(5-6-20)9-14(28)11-27;4*1-2/h3-4,7-8,10,14,25-28H,5-6,9,11H2,1-2H3;2*1-2H3;2*1H2/b15-13-,17-8+,19-10-;;;;. The first-order valence-corrected chi connectivity index (χ1v) is 11.4. The number of halogens is 4. The van der Waals surface area contributed by atoms with Gasteiger partial charge in [0.1, 0.15) is 25.2 Å². The summed E-state index contributed by atoms with van der Waals surface area (Å²) in [5.74, 6) is -4.20. The van der Waals surface area contributed by atoms with Crippen molar-refractivity contribution >= 4 is 19.3 Å². The molecule has 0 radical (unpaired) electrons. The highest BCUT2D eigenvalue weighted by atomic mass is 19.2. The third kappa shape index (κ3) is 14.4. The molecule has 6 nitrogen and oxygen atoms in total. The van der Waals surface area contributed by atoms with Crippen LogP contribution in [0.2, 0.25) is 0 Å². The van der Waals surface area contributed by atoms with Crippen LogP contribution in [0.15, 0.2) is 53.7 Å². The van der Waals surface area contributed by atoms with Crippen LogP contribution in [0.1, 0.15) is 59.4 Å². The zero-order valence-electron chi connectivity index (χ0n) is 21.9. The predicted octanol–water partition coefficient (Wildman–Crippen LogP) is 5.96. The number of aryl methyl sites for hydroxylation is 1. The maximum atomic E-state index is 14.6. The number of hydrogen-bond acceptors (Lipinski definition) is 6. The van der Waals surface area contributed by atoms with E-state index in [0.717, 1.165) is 13.1 Å². The van der Waals surface area contributed by atoms with E-state index in [1.165, 1.54) is 12.1 Å². The number of carbonyl (C=O) groups is 2. The van der Waals surface area contributed by atoms with E-state index in [1.807, 2.05) is 41.3 Å². The molecule has 36 heavy (non-hydrogen) atoms. The average molecular weight is 521 g/mol. The summed E-state index contributed by atoms with van der Waals surface area (Å²) in [7, 11) is 0. The molecule has 0 bridgehead atoms. The van der Waals surface area contributed by atoms with Crippen LogP contribution in [0.4, 0.5) is 23.2 Å². The summed E-state index contributed by atoms with van der Waals surface area (Å²) in [6.45, 7) is 14.1. The number of allylic oxidation sites excluding steroid dienone is 4. The second-order valence-corrected chi connectivity index (χ2v) is 7.01. The van der Waals surface area contributed by atoms with Gasteiger partial charge < -0.3 is 30.4 Å². The number of aliphatic hydroxyl groups excluding tert-OH is 2. The molecule has 1 aromatic carbocycles. The molecule has 1 aromatic rings. The van der Waals surface area contributed by atoms with Gasteiger partial charge in [-0.05, 0) is 50.8 Å². The molecule has 1 unspecified atom stereocenters. The normalized spacial score (nSPS) is 14.9. The third-order valence-electron chi connectivity index (χ3n) is 4.43. The Morgan fingerprint density at radius 3 is 2.06 bits per heavy atom. The number of aliphatic hydroxyl groups is 2. The molecular weight excluding hydrogens is 480 g/mol. The summed E-state index contributed by atoms with van der Waals surface area (Å²) in [6.07, 6.45) is 1.83. The van der Waals surface area contributed by atoms with Crippen LogP contribution in [-0.4, -0.2) is 42.0 Å². The molecule has 1 aliphatic carbocycles. The molecule has 0 saturated heterocycles. The van der Waals surface area contributed by atoms with Gasteiger partial charge in [-0.2, -0.15) is 0 Å². The second-order valence-electron chi connectivity index (χ2n) is 7.01. The van der Waals surface area contributed by atoms with Crippen molar-refractivity contribution < 1.29 is 37.4 Å². The Balaban J connectivity index is -0.00000124. The Morgan fingerprint density at radius 2 is 1.64 bits per heavy atom. The quantitative estimate of drug-likeness (QED) is 0.237. The van der Waals surface area contributed by atoms with Crippen molar-refractivity contribution in [2.45, 2.75) is 72.4 Å². The number of hydrogen-bond donors (Lipinski definition) is 4. The Morgan fingerprint density at radius 1 is 1.11 bits per heavy atom. The van der Waals surface area contributed by atoms with Gasteiger partial charge in [-0.1, -0.05) is 33.8 Å². The number of rotatable bonds is 9. The minimum absolute atomic E-state index is 0.0793. The average Bonchev–Trinajstić information content (AvgIpc) is 3.66. The molecule has 10 heteroatoms. The molecule has 1 fully saturated rings. The molecule has 0 aliphatic heterocycles. The van der Waals surface area contributed by atoms with Crippen molar-refractivity contribution in [1.82, 2.24) is 5.32 Å². The molecule has 0 aromatic heterocycles. The van der Waals surface area contributed by atoms with E-state index in [9.17, 15) is 22.7 Å². The second kappa shape index (κ2) is 21.3. The number of anilines is 1. The summed E-state index contributed by atoms with van der Waals surface area (Å²) in [5, 5.41) is 24.2. The van der Waals surface area contributed by atoms with Gasteiger partial charge in [0.25, 0.3) is 0 Å². The molecule has 206 valence electrons. The molecule has 0 heterocycles. The first-order valence-electron chi connectivity index (χ1n) is 11.4. The van der Waals surface area contributed by atoms with Gasteiger partial charge in [-0.25, -0.2) is 17.6 Å². The van der Waals surface area contributed by atoms with Gasteiger partial charge >= 0.3 is 0 Å². The molecule has 2 rings (SSSR count). The van der Waals surface area contributed by atoms with Crippen LogP contribution >= 0.6 is 0 Å². The summed E-state index contributed by atoms with van der Waals surface area (Å²) in [6, 6.07) is 4.42. The fourth-order valence-electron chi connectivity index (χ4n) is 2.67. The lowest BCUT2D eigenvalue weighted by Gasteiger charge is -2.22. The van der Waals surface area contributed by atoms with E-state index < -0.39 is 41.5 Å². The van der Waals surface area contributed by atoms with Crippen molar-refractivity contribution in [2.24, 2.45) is 0 Å². The molecule has 1 aliphatic rings. The Kier molecular flexibility index (Phi) is 22.2. The zero-order chi connectivity index (χ0) is 28.9. The summed E-state index contributed by atoms with van der Waals surface area (Å²) in [5.41, 5.74) is -0.121. The van der Waals surface area contributed by atoms with E-state index in [1.54, 1.807) is 13.0 Å². The monoisotopic (exact) mass is 520 g/mol. The SMILES string of the molecule is C=O.C=O.CC.CC.C\C(F)=C(F)/C=C(F)\C(=C\Nc1ccc(C)cc1F)NC1(CC(O)CO)CC1. The Bertz CT molecular complexity index is 835. The van der Waals surface area contributed by atoms with Crippen LogP contribution in [0.5, 0.6) is 0 Å². The van der Waals surface area contributed by atoms with Gasteiger partial charge in [0.2, 0.25) is 0 Å². The van der Waals surface area contributed by atoms with E-state index in [0.29, 0.717) is 24.5 Å². The predicted molar refractivity (Wildman–Crippen MR) is 137 cm³/mol. The first kappa shape index (κ1) is 37.6. The maximum absolute atomic E-state index is 14.6. The minimum atomic E-state index is -1.37. The lowest BCUT2D eigenvalue weighted by atomic mass is 10.1. The van der Waals surface area contributed by atoms with Gasteiger partial charge in [-0.15, -0.1) is 0 Å². The van der Waals surface area contributed by atoms with Crippen molar-refractivity contribution in [3.63, 3.8) is 0 Å². The molecule has 0 spiro atoms. The van der Waals surface area contributed by atoms with Crippen LogP contribution < -0.4 is 10.6 Å². The van der Waals surface area contributed by atoms with Crippen molar-refractivity contribution in [2.75, 3.05) is 11.9 Å². The first-order chi connectivity index (χ1) is 17.2. The van der Waals surface area contributed by atoms with Crippen molar-refractivity contribution in [3.05, 3.63) is 65.0 Å². The fraction of sp³-hybridized carbons (Fsp3) is 0.462. The third-order valence-corrected chi connectivity index (χ3v) is 4.43. The van der Waals surface area contributed by atoms with Gasteiger partial charge in [-0.3, -0.25) is 0 Å². The number of benzene rings is 1. The van der Waals surface area contributed by atoms with Gasteiger partial charge in [0.15, 0.2) is 11.7 Å². The molecule has 0 amide bonds. The van der Waals surface area contributed by atoms with Crippen LogP contribution in [0, 0.1) is 12.7 Å². The molecule has 1 atom stereocenters. The lowest BCUT2D eigenvalue weighted by molar-refractivity contribution is -0.0987. The highest BCUT2D eigenvalue weighted by Gasteiger charge is 2.44. The fourth-order valence-corrected chi connectivity index (χ4v) is 2.67. The highest BCUT2D eigenvalue weighted by Crippen LogP contribution is 2.41. The smallest absolute Gasteiger partial charge is 0.157 e.